The minimum absolute atomic E-state index is 0.215. The number of nitrogens with zero attached hydrogens (tertiary/aromatic N) is 5. The molecule has 0 radical (unpaired) electrons. The van der Waals surface area contributed by atoms with E-state index in [4.69, 9.17) is 11.6 Å². The van der Waals surface area contributed by atoms with Gasteiger partial charge in [0.2, 0.25) is 5.82 Å². The van der Waals surface area contributed by atoms with Crippen molar-refractivity contribution in [2.45, 2.75) is 37.8 Å². The zero-order chi connectivity index (χ0) is 21.3. The first-order valence-electron chi connectivity index (χ1n) is 10.6. The van der Waals surface area contributed by atoms with Crippen LogP contribution in [0.1, 0.15) is 25.7 Å². The molecule has 2 aromatic rings. The Balaban J connectivity index is 1.29. The van der Waals surface area contributed by atoms with E-state index >= 15 is 0 Å². The van der Waals surface area contributed by atoms with Crippen LogP contribution in [0.25, 0.3) is 0 Å². The van der Waals surface area contributed by atoms with Gasteiger partial charge in [-0.25, -0.2) is 9.48 Å². The van der Waals surface area contributed by atoms with Gasteiger partial charge in [-0.1, -0.05) is 17.7 Å². The minimum atomic E-state index is -0.411. The highest BCUT2D eigenvalue weighted by Crippen LogP contribution is 2.27. The molecule has 0 bridgehead atoms. The van der Waals surface area contributed by atoms with Crippen molar-refractivity contribution in [3.05, 3.63) is 50.1 Å². The van der Waals surface area contributed by atoms with Crippen molar-refractivity contribution >= 4 is 23.1 Å². The molecule has 1 aromatic carbocycles. The predicted octanol–water partition coefficient (Wildman–Crippen LogP) is 1.68. The molecule has 2 fully saturated rings. The van der Waals surface area contributed by atoms with Crippen molar-refractivity contribution in [2.75, 3.05) is 36.4 Å². The van der Waals surface area contributed by atoms with Crippen LogP contribution in [0.4, 0.5) is 11.5 Å². The quantitative estimate of drug-likeness (QED) is 0.792. The average molecular weight is 433 g/mol. The molecule has 1 saturated carbocycles. The van der Waals surface area contributed by atoms with Gasteiger partial charge in [-0.15, -0.1) is 5.10 Å². The van der Waals surface area contributed by atoms with E-state index in [1.807, 2.05) is 18.2 Å². The van der Waals surface area contributed by atoms with Gasteiger partial charge in [0, 0.05) is 63.1 Å². The van der Waals surface area contributed by atoms with Gasteiger partial charge < -0.3 is 10.2 Å². The Hall–Kier alpha value is -2.32. The minimum Gasteiger partial charge on any atom is -0.369 e. The maximum atomic E-state index is 12.3. The Kier molecular flexibility index (Phi) is 6.15. The van der Waals surface area contributed by atoms with E-state index in [1.54, 1.807) is 7.05 Å². The molecule has 1 aliphatic carbocycles. The van der Waals surface area contributed by atoms with Crippen molar-refractivity contribution in [3.8, 4) is 0 Å². The number of halogens is 1. The highest BCUT2D eigenvalue weighted by atomic mass is 35.5. The number of anilines is 2. The maximum absolute atomic E-state index is 12.3. The topological polar surface area (TPSA) is 75.4 Å². The van der Waals surface area contributed by atoms with Crippen LogP contribution < -0.4 is 21.5 Å². The summed E-state index contributed by atoms with van der Waals surface area (Å²) in [4.78, 5) is 29.1. The summed E-state index contributed by atoms with van der Waals surface area (Å²) in [5.74, 6) is 0.262. The summed E-state index contributed by atoms with van der Waals surface area (Å²) in [6, 6.07) is 8.87. The highest BCUT2D eigenvalue weighted by molar-refractivity contribution is 6.30. The molecule has 2 heterocycles. The number of hydrogen-bond donors (Lipinski definition) is 1. The molecule has 30 heavy (non-hydrogen) atoms. The summed E-state index contributed by atoms with van der Waals surface area (Å²) in [5.41, 5.74) is 0.421. The van der Waals surface area contributed by atoms with Crippen LogP contribution in [0.5, 0.6) is 0 Å². The van der Waals surface area contributed by atoms with Crippen LogP contribution in [0.15, 0.2) is 33.9 Å². The highest BCUT2D eigenvalue weighted by Gasteiger charge is 2.29. The van der Waals surface area contributed by atoms with Gasteiger partial charge in [0.15, 0.2) is 0 Å². The number of aryl methyl sites for hydroxylation is 1. The lowest BCUT2D eigenvalue weighted by Gasteiger charge is -2.42. The van der Waals surface area contributed by atoms with Crippen LogP contribution >= 0.6 is 11.6 Å². The van der Waals surface area contributed by atoms with Gasteiger partial charge in [-0.3, -0.25) is 14.3 Å². The van der Waals surface area contributed by atoms with E-state index in [0.29, 0.717) is 6.04 Å². The molecule has 0 atom stereocenters. The molecule has 9 heteroatoms. The smallest absolute Gasteiger partial charge is 0.346 e. The van der Waals surface area contributed by atoms with Crippen molar-refractivity contribution in [3.63, 3.8) is 0 Å². The molecule has 1 aliphatic heterocycles. The van der Waals surface area contributed by atoms with Crippen LogP contribution in [0.3, 0.4) is 0 Å². The zero-order valence-electron chi connectivity index (χ0n) is 17.6. The van der Waals surface area contributed by atoms with Crippen LogP contribution in [0.2, 0.25) is 5.02 Å². The number of hydrogen-bond acceptors (Lipinski definition) is 6. The van der Waals surface area contributed by atoms with E-state index in [-0.39, 0.29) is 17.4 Å². The van der Waals surface area contributed by atoms with Crippen LogP contribution in [-0.2, 0) is 14.1 Å². The lowest BCUT2D eigenvalue weighted by atomic mass is 9.89. The van der Waals surface area contributed by atoms with Crippen molar-refractivity contribution in [1.82, 2.24) is 19.2 Å². The Morgan fingerprint density at radius 3 is 2.40 bits per heavy atom. The molecular formula is C21H29ClN6O2. The van der Waals surface area contributed by atoms with E-state index in [2.05, 4.69) is 26.3 Å². The van der Waals surface area contributed by atoms with Crippen LogP contribution in [0, 0.1) is 0 Å². The van der Waals surface area contributed by atoms with Gasteiger partial charge in [0.05, 0.1) is 0 Å². The van der Waals surface area contributed by atoms with Gasteiger partial charge in [-0.05, 0) is 43.9 Å². The first-order valence-corrected chi connectivity index (χ1v) is 11.0. The molecule has 2 aliphatic rings. The van der Waals surface area contributed by atoms with Gasteiger partial charge >= 0.3 is 5.69 Å². The number of benzene rings is 1. The second-order valence-electron chi connectivity index (χ2n) is 8.27. The van der Waals surface area contributed by atoms with Crippen molar-refractivity contribution in [1.29, 1.82) is 0 Å². The van der Waals surface area contributed by atoms with E-state index in [9.17, 15) is 9.59 Å². The van der Waals surface area contributed by atoms with E-state index < -0.39 is 5.69 Å². The Labute approximate surface area is 181 Å². The molecule has 4 rings (SSSR count). The summed E-state index contributed by atoms with van der Waals surface area (Å²) in [6.45, 7) is 4.13. The number of rotatable bonds is 4. The summed E-state index contributed by atoms with van der Waals surface area (Å²) in [5, 5.41) is 8.17. The zero-order valence-corrected chi connectivity index (χ0v) is 18.3. The molecule has 1 N–H and O–H groups in total. The third-order valence-corrected chi connectivity index (χ3v) is 6.60. The van der Waals surface area contributed by atoms with Crippen LogP contribution in [-0.4, -0.2) is 57.5 Å². The predicted molar refractivity (Wildman–Crippen MR) is 120 cm³/mol. The summed E-state index contributed by atoms with van der Waals surface area (Å²) >= 11 is 6.14. The van der Waals surface area contributed by atoms with Crippen molar-refractivity contribution < 1.29 is 0 Å². The first kappa shape index (κ1) is 20.9. The third-order valence-electron chi connectivity index (χ3n) is 6.36. The molecule has 1 saturated heterocycles. The van der Waals surface area contributed by atoms with Gasteiger partial charge in [-0.2, -0.15) is 0 Å². The summed E-state index contributed by atoms with van der Waals surface area (Å²) in [7, 11) is 3.05. The van der Waals surface area contributed by atoms with E-state index in [0.717, 1.165) is 61.5 Å². The second kappa shape index (κ2) is 8.81. The fourth-order valence-corrected chi connectivity index (χ4v) is 4.77. The molecule has 1 aromatic heterocycles. The normalized spacial score (nSPS) is 22.8. The molecule has 0 spiro atoms. The monoisotopic (exact) mass is 432 g/mol. The number of aromatic nitrogens is 3. The maximum Gasteiger partial charge on any atom is 0.346 e. The SMILES string of the molecule is Cn1nc(NC2CCC(N3CCN(c4cccc(Cl)c4)CC3)CC2)c(=O)n(C)c1=O. The fourth-order valence-electron chi connectivity index (χ4n) is 4.59. The third kappa shape index (κ3) is 4.39. The summed E-state index contributed by atoms with van der Waals surface area (Å²) < 4.78 is 2.30. The molecule has 8 nitrogen and oxygen atoms in total. The molecule has 0 unspecified atom stereocenters. The lowest BCUT2D eigenvalue weighted by molar-refractivity contribution is 0.144. The molecular weight excluding hydrogens is 404 g/mol. The second-order valence-corrected chi connectivity index (χ2v) is 8.71. The number of piperazine rings is 1. The Bertz CT molecular complexity index is 1000. The largest absolute Gasteiger partial charge is 0.369 e. The first-order chi connectivity index (χ1) is 14.4. The fraction of sp³-hybridized carbons (Fsp3) is 0.571. The lowest BCUT2D eigenvalue weighted by Crippen LogP contribution is -2.52. The van der Waals surface area contributed by atoms with E-state index in [1.165, 1.54) is 17.4 Å². The van der Waals surface area contributed by atoms with Gasteiger partial charge in [0.25, 0.3) is 5.56 Å². The standard InChI is InChI=1S/C21H29ClN6O2/c1-25-20(29)19(24-26(2)21(25)30)23-16-6-8-17(9-7-16)27-10-12-28(13-11-27)18-5-3-4-15(22)14-18/h3-5,14,16-17H,6-13H2,1-2H3,(H,23,24). The average Bonchev–Trinajstić information content (AvgIpc) is 2.77. The van der Waals surface area contributed by atoms with Gasteiger partial charge in [0.1, 0.15) is 0 Å². The summed E-state index contributed by atoms with van der Waals surface area (Å²) in [6.07, 6.45) is 4.18. The molecule has 162 valence electrons. The Morgan fingerprint density at radius 1 is 1.03 bits per heavy atom. The Morgan fingerprint density at radius 2 is 1.73 bits per heavy atom. The van der Waals surface area contributed by atoms with Crippen molar-refractivity contribution in [2.24, 2.45) is 14.1 Å². The molecule has 0 amide bonds. The number of nitrogens with one attached hydrogen (secondary N) is 1.